The average Bonchev–Trinajstić information content (AvgIpc) is 2.66. The van der Waals surface area contributed by atoms with Gasteiger partial charge in [-0.15, -0.1) is 0 Å². The number of carbonyl (C=O) groups is 2. The monoisotopic (exact) mass is 415 g/mol. The van der Waals surface area contributed by atoms with Gasteiger partial charge in [0, 0.05) is 6.54 Å². The van der Waals surface area contributed by atoms with Crippen molar-refractivity contribution in [2.24, 2.45) is 11.8 Å². The molecule has 3 unspecified atom stereocenters. The highest BCUT2D eigenvalue weighted by molar-refractivity contribution is 6.59. The molecule has 0 saturated heterocycles. The number of hydrogen-bond donors (Lipinski definition) is 1. The predicted molar refractivity (Wildman–Crippen MR) is 104 cm³/mol. The minimum absolute atomic E-state index is 0.0538. The fraction of sp³-hybridized carbons (Fsp3) is 0.368. The van der Waals surface area contributed by atoms with E-state index in [1.165, 1.54) is 0 Å². The van der Waals surface area contributed by atoms with E-state index in [4.69, 9.17) is 39.5 Å². The maximum Gasteiger partial charge on any atom is 0.310 e. The molecule has 1 N–H and O–H groups in total. The summed E-state index contributed by atoms with van der Waals surface area (Å²) >= 11 is 17.1. The first kappa shape index (κ1) is 20.8. The molecule has 1 aliphatic rings. The van der Waals surface area contributed by atoms with E-state index >= 15 is 0 Å². The molecule has 2 rings (SSSR count). The lowest BCUT2D eigenvalue weighted by Crippen LogP contribution is -2.39. The smallest absolute Gasteiger partial charge is 0.310 e. The van der Waals surface area contributed by atoms with Crippen molar-refractivity contribution in [3.63, 3.8) is 0 Å². The maximum absolute atomic E-state index is 12.6. The van der Waals surface area contributed by atoms with Gasteiger partial charge >= 0.3 is 5.97 Å². The zero-order chi connectivity index (χ0) is 19.1. The van der Waals surface area contributed by atoms with Crippen molar-refractivity contribution in [2.75, 3.05) is 0 Å². The Hall–Kier alpha value is -1.49. The van der Waals surface area contributed by atoms with Crippen LogP contribution >= 0.6 is 34.8 Å². The van der Waals surface area contributed by atoms with Crippen LogP contribution in [0.1, 0.15) is 25.3 Å². The average molecular weight is 417 g/mol. The largest absolute Gasteiger partial charge is 0.457 e. The van der Waals surface area contributed by atoms with Crippen molar-refractivity contribution < 1.29 is 14.3 Å². The van der Waals surface area contributed by atoms with Crippen LogP contribution in [0.25, 0.3) is 0 Å². The molecule has 1 aromatic carbocycles. The highest BCUT2D eigenvalue weighted by Crippen LogP contribution is 2.29. The molecule has 0 fully saturated rings. The third-order valence-electron chi connectivity index (χ3n) is 4.21. The fourth-order valence-electron chi connectivity index (χ4n) is 2.75. The fourth-order valence-corrected chi connectivity index (χ4v) is 3.10. The highest BCUT2D eigenvalue weighted by atomic mass is 35.5. The second-order valence-corrected chi connectivity index (χ2v) is 7.40. The number of amides is 1. The van der Waals surface area contributed by atoms with Gasteiger partial charge in [0.25, 0.3) is 0 Å². The molecule has 26 heavy (non-hydrogen) atoms. The van der Waals surface area contributed by atoms with Crippen molar-refractivity contribution >= 4 is 46.7 Å². The Morgan fingerprint density at radius 1 is 1.12 bits per heavy atom. The molecule has 0 heterocycles. The van der Waals surface area contributed by atoms with Gasteiger partial charge in [0.15, 0.2) is 0 Å². The molecule has 140 valence electrons. The molecule has 4 nitrogen and oxygen atoms in total. The first-order chi connectivity index (χ1) is 12.4. The molecular formula is C19H20Cl3NO3. The highest BCUT2D eigenvalue weighted by Gasteiger charge is 2.36. The first-order valence-corrected chi connectivity index (χ1v) is 9.41. The summed E-state index contributed by atoms with van der Waals surface area (Å²) in [5.74, 6) is -1.73. The minimum Gasteiger partial charge on any atom is -0.457 e. The third kappa shape index (κ3) is 5.76. The van der Waals surface area contributed by atoms with Crippen LogP contribution in [0.2, 0.25) is 0 Å². The molecule has 1 aromatic rings. The molecular weight excluding hydrogens is 397 g/mol. The minimum atomic E-state index is -0.770. The van der Waals surface area contributed by atoms with Crippen molar-refractivity contribution in [1.82, 2.24) is 5.32 Å². The summed E-state index contributed by atoms with van der Waals surface area (Å²) in [7, 11) is 0. The molecule has 1 amide bonds. The quantitative estimate of drug-likeness (QED) is 0.540. The second-order valence-electron chi connectivity index (χ2n) is 6.05. The van der Waals surface area contributed by atoms with Crippen molar-refractivity contribution in [1.29, 1.82) is 0 Å². The second kappa shape index (κ2) is 10.0. The standard InChI is InChI=1S/C19H20Cl3NO3/c1-12(16(20)17(21)22)26-19(25)15-10-6-5-9-14(15)18(24)23-11-13-7-3-2-4-8-13/h2-8,12,14-15H,9-11H2,1H3,(H,23,24). The number of hydrogen-bond acceptors (Lipinski definition) is 3. The van der Waals surface area contributed by atoms with Gasteiger partial charge in [-0.1, -0.05) is 77.3 Å². The normalized spacial score (nSPS) is 20.2. The molecule has 0 radical (unpaired) electrons. The van der Waals surface area contributed by atoms with E-state index in [0.717, 1.165) is 5.56 Å². The first-order valence-electron chi connectivity index (χ1n) is 8.28. The molecule has 0 aromatic heterocycles. The van der Waals surface area contributed by atoms with E-state index in [1.54, 1.807) is 6.92 Å². The molecule has 7 heteroatoms. The lowest BCUT2D eigenvalue weighted by Gasteiger charge is -2.27. The number of esters is 1. The lowest BCUT2D eigenvalue weighted by molar-refractivity contribution is -0.155. The summed E-state index contributed by atoms with van der Waals surface area (Å²) in [6.45, 7) is 1.99. The van der Waals surface area contributed by atoms with E-state index < -0.39 is 23.9 Å². The van der Waals surface area contributed by atoms with E-state index in [1.807, 2.05) is 42.5 Å². The lowest BCUT2D eigenvalue weighted by atomic mass is 9.82. The number of benzene rings is 1. The molecule has 0 spiro atoms. The number of carbonyl (C=O) groups excluding carboxylic acids is 2. The van der Waals surface area contributed by atoms with Gasteiger partial charge in [0.05, 0.1) is 16.9 Å². The Morgan fingerprint density at radius 2 is 1.73 bits per heavy atom. The Morgan fingerprint density at radius 3 is 2.35 bits per heavy atom. The Balaban J connectivity index is 2.00. The molecule has 3 atom stereocenters. The van der Waals surface area contributed by atoms with Crippen LogP contribution in [0.4, 0.5) is 0 Å². The molecule has 0 saturated carbocycles. The summed E-state index contributed by atoms with van der Waals surface area (Å²) in [5, 5.41) is 2.94. The van der Waals surface area contributed by atoms with Gasteiger partial charge in [-0.05, 0) is 25.3 Å². The zero-order valence-electron chi connectivity index (χ0n) is 14.3. The third-order valence-corrected chi connectivity index (χ3v) is 5.31. The maximum atomic E-state index is 12.6. The van der Waals surface area contributed by atoms with Gasteiger partial charge in [-0.3, -0.25) is 9.59 Å². The summed E-state index contributed by atoms with van der Waals surface area (Å²) in [4.78, 5) is 25.1. The van der Waals surface area contributed by atoms with Gasteiger partial charge in [-0.25, -0.2) is 0 Å². The van der Waals surface area contributed by atoms with E-state index in [9.17, 15) is 9.59 Å². The van der Waals surface area contributed by atoms with Gasteiger partial charge in [-0.2, -0.15) is 0 Å². The summed E-state index contributed by atoms with van der Waals surface area (Å²) in [5.41, 5.74) is 0.994. The summed E-state index contributed by atoms with van der Waals surface area (Å²) < 4.78 is 5.20. The van der Waals surface area contributed by atoms with Crippen LogP contribution in [0.15, 0.2) is 52.0 Å². The topological polar surface area (TPSA) is 55.4 Å². The summed E-state index contributed by atoms with van der Waals surface area (Å²) in [6, 6.07) is 9.59. The van der Waals surface area contributed by atoms with Crippen LogP contribution in [-0.4, -0.2) is 18.0 Å². The van der Waals surface area contributed by atoms with Gasteiger partial charge in [0.2, 0.25) is 5.91 Å². The van der Waals surface area contributed by atoms with Crippen molar-refractivity contribution in [3.8, 4) is 0 Å². The summed E-state index contributed by atoms with van der Waals surface area (Å²) in [6.07, 6.45) is 3.93. The van der Waals surface area contributed by atoms with E-state index in [0.29, 0.717) is 19.4 Å². The van der Waals surface area contributed by atoms with Crippen molar-refractivity contribution in [3.05, 3.63) is 57.6 Å². The van der Waals surface area contributed by atoms with Crippen molar-refractivity contribution in [2.45, 2.75) is 32.4 Å². The predicted octanol–water partition coefficient (Wildman–Crippen LogP) is 4.70. The number of halogens is 3. The zero-order valence-corrected chi connectivity index (χ0v) is 16.5. The molecule has 0 aliphatic heterocycles. The number of nitrogens with one attached hydrogen (secondary N) is 1. The van der Waals surface area contributed by atoms with Crippen LogP contribution in [0, 0.1) is 11.8 Å². The Kier molecular flexibility index (Phi) is 8.01. The van der Waals surface area contributed by atoms with Crippen LogP contribution < -0.4 is 5.32 Å². The Bertz CT molecular complexity index is 699. The Labute approximate surface area is 168 Å². The molecule has 0 bridgehead atoms. The van der Waals surface area contributed by atoms with Crippen LogP contribution in [0.5, 0.6) is 0 Å². The van der Waals surface area contributed by atoms with E-state index in [2.05, 4.69) is 5.32 Å². The number of allylic oxidation sites excluding steroid dienone is 2. The number of rotatable bonds is 6. The van der Waals surface area contributed by atoms with Crippen LogP contribution in [-0.2, 0) is 20.9 Å². The van der Waals surface area contributed by atoms with E-state index in [-0.39, 0.29) is 15.4 Å². The molecule has 1 aliphatic carbocycles. The number of ether oxygens (including phenoxy) is 1. The SMILES string of the molecule is CC(OC(=O)C1CC=CCC1C(=O)NCc1ccccc1)C(Cl)=C(Cl)Cl. The van der Waals surface area contributed by atoms with Gasteiger partial charge < -0.3 is 10.1 Å². The van der Waals surface area contributed by atoms with Crippen LogP contribution in [0.3, 0.4) is 0 Å². The van der Waals surface area contributed by atoms with Gasteiger partial charge in [0.1, 0.15) is 10.6 Å².